The van der Waals surface area contributed by atoms with E-state index in [1.807, 2.05) is 0 Å². The standard InChI is InChI=1S/C14H16BrN3/c15-11-6-4-10(5-7-11)14-12(9-16)17-18-8-2-1-3-13(14)18/h4-7H,1-3,8-9,16H2. The van der Waals surface area contributed by atoms with Crippen LogP contribution in [-0.4, -0.2) is 9.78 Å². The van der Waals surface area contributed by atoms with Gasteiger partial charge in [0.05, 0.1) is 5.69 Å². The second-order valence-electron chi connectivity index (χ2n) is 4.66. The van der Waals surface area contributed by atoms with Crippen LogP contribution < -0.4 is 5.73 Å². The Morgan fingerprint density at radius 1 is 1.22 bits per heavy atom. The number of rotatable bonds is 2. The summed E-state index contributed by atoms with van der Waals surface area (Å²) in [5, 5.41) is 4.65. The molecule has 0 aliphatic carbocycles. The van der Waals surface area contributed by atoms with Gasteiger partial charge in [0.25, 0.3) is 0 Å². The number of nitrogens with two attached hydrogens (primary N) is 1. The van der Waals surface area contributed by atoms with Gasteiger partial charge in [0.2, 0.25) is 0 Å². The summed E-state index contributed by atoms with van der Waals surface area (Å²) in [4.78, 5) is 0. The number of hydrogen-bond donors (Lipinski definition) is 1. The molecule has 0 saturated heterocycles. The zero-order valence-corrected chi connectivity index (χ0v) is 11.8. The molecule has 1 aromatic carbocycles. The summed E-state index contributed by atoms with van der Waals surface area (Å²) >= 11 is 3.47. The van der Waals surface area contributed by atoms with E-state index in [1.54, 1.807) is 0 Å². The molecule has 94 valence electrons. The first-order valence-electron chi connectivity index (χ1n) is 6.34. The van der Waals surface area contributed by atoms with Gasteiger partial charge in [0, 0.05) is 28.8 Å². The third-order valence-corrected chi connectivity index (χ3v) is 4.02. The van der Waals surface area contributed by atoms with Gasteiger partial charge in [-0.05, 0) is 37.0 Å². The zero-order valence-electron chi connectivity index (χ0n) is 10.2. The van der Waals surface area contributed by atoms with Crippen LogP contribution in [0.15, 0.2) is 28.7 Å². The number of fused-ring (bicyclic) bond motifs is 1. The molecule has 3 nitrogen and oxygen atoms in total. The average molecular weight is 306 g/mol. The fraction of sp³-hybridized carbons (Fsp3) is 0.357. The Kier molecular flexibility index (Phi) is 3.22. The van der Waals surface area contributed by atoms with Crippen molar-refractivity contribution >= 4 is 15.9 Å². The minimum Gasteiger partial charge on any atom is -0.325 e. The van der Waals surface area contributed by atoms with Gasteiger partial charge < -0.3 is 5.73 Å². The number of nitrogens with zero attached hydrogens (tertiary/aromatic N) is 2. The lowest BCUT2D eigenvalue weighted by atomic mass is 9.98. The summed E-state index contributed by atoms with van der Waals surface area (Å²) in [5.41, 5.74) is 10.7. The molecule has 0 saturated carbocycles. The predicted molar refractivity (Wildman–Crippen MR) is 76.2 cm³/mol. The second-order valence-corrected chi connectivity index (χ2v) is 5.58. The Balaban J connectivity index is 2.14. The summed E-state index contributed by atoms with van der Waals surface area (Å²) < 4.78 is 3.24. The van der Waals surface area contributed by atoms with Crippen molar-refractivity contribution in [2.24, 2.45) is 5.73 Å². The van der Waals surface area contributed by atoms with Crippen molar-refractivity contribution in [2.75, 3.05) is 0 Å². The van der Waals surface area contributed by atoms with Gasteiger partial charge in [0.15, 0.2) is 0 Å². The van der Waals surface area contributed by atoms with Crippen LogP contribution in [0.25, 0.3) is 11.1 Å². The minimum absolute atomic E-state index is 0.505. The quantitative estimate of drug-likeness (QED) is 0.926. The number of hydrogen-bond acceptors (Lipinski definition) is 2. The SMILES string of the molecule is NCc1nn2c(c1-c1ccc(Br)cc1)CCCC2. The van der Waals surface area contributed by atoms with E-state index in [-0.39, 0.29) is 0 Å². The van der Waals surface area contributed by atoms with Crippen molar-refractivity contribution in [3.8, 4) is 11.1 Å². The third kappa shape index (κ3) is 1.99. The van der Waals surface area contributed by atoms with E-state index < -0.39 is 0 Å². The topological polar surface area (TPSA) is 43.8 Å². The fourth-order valence-electron chi connectivity index (χ4n) is 2.64. The van der Waals surface area contributed by atoms with E-state index in [2.05, 4.69) is 50.0 Å². The highest BCUT2D eigenvalue weighted by atomic mass is 79.9. The Morgan fingerprint density at radius 2 is 2.00 bits per heavy atom. The number of halogens is 1. The third-order valence-electron chi connectivity index (χ3n) is 3.49. The lowest BCUT2D eigenvalue weighted by molar-refractivity contribution is 0.484. The number of aromatic nitrogens is 2. The minimum atomic E-state index is 0.505. The van der Waals surface area contributed by atoms with E-state index in [9.17, 15) is 0 Å². The molecule has 4 heteroatoms. The molecule has 0 fully saturated rings. The second kappa shape index (κ2) is 4.86. The maximum Gasteiger partial charge on any atom is 0.0841 e. The van der Waals surface area contributed by atoms with Crippen molar-refractivity contribution in [3.63, 3.8) is 0 Å². The molecule has 0 bridgehead atoms. The average Bonchev–Trinajstić information content (AvgIpc) is 2.78. The molecule has 1 aliphatic heterocycles. The van der Waals surface area contributed by atoms with Crippen LogP contribution in [0.1, 0.15) is 24.2 Å². The van der Waals surface area contributed by atoms with E-state index in [4.69, 9.17) is 5.73 Å². The molecule has 0 unspecified atom stereocenters. The van der Waals surface area contributed by atoms with Crippen LogP contribution in [0, 0.1) is 0 Å². The van der Waals surface area contributed by atoms with Crippen molar-refractivity contribution in [2.45, 2.75) is 32.4 Å². The highest BCUT2D eigenvalue weighted by Gasteiger charge is 2.20. The molecule has 0 atom stereocenters. The molecule has 2 heterocycles. The van der Waals surface area contributed by atoms with Crippen molar-refractivity contribution in [1.29, 1.82) is 0 Å². The first-order valence-corrected chi connectivity index (χ1v) is 7.13. The van der Waals surface area contributed by atoms with Crippen LogP contribution >= 0.6 is 15.9 Å². The van der Waals surface area contributed by atoms with E-state index in [1.165, 1.54) is 29.7 Å². The molecular weight excluding hydrogens is 290 g/mol. The van der Waals surface area contributed by atoms with Gasteiger partial charge >= 0.3 is 0 Å². The van der Waals surface area contributed by atoms with E-state index in [0.717, 1.165) is 23.1 Å². The number of benzene rings is 1. The summed E-state index contributed by atoms with van der Waals surface area (Å²) in [5.74, 6) is 0. The van der Waals surface area contributed by atoms with Gasteiger partial charge in [-0.3, -0.25) is 4.68 Å². The molecule has 0 spiro atoms. The lowest BCUT2D eigenvalue weighted by Gasteiger charge is -2.14. The smallest absolute Gasteiger partial charge is 0.0841 e. The highest BCUT2D eigenvalue weighted by molar-refractivity contribution is 9.10. The maximum atomic E-state index is 5.84. The fourth-order valence-corrected chi connectivity index (χ4v) is 2.90. The Hall–Kier alpha value is -1.13. The normalized spacial score (nSPS) is 14.6. The highest BCUT2D eigenvalue weighted by Crippen LogP contribution is 2.31. The number of aryl methyl sites for hydroxylation is 1. The van der Waals surface area contributed by atoms with Gasteiger partial charge in [-0.1, -0.05) is 28.1 Å². The van der Waals surface area contributed by atoms with E-state index in [0.29, 0.717) is 6.54 Å². The van der Waals surface area contributed by atoms with E-state index >= 15 is 0 Å². The van der Waals surface area contributed by atoms with Crippen molar-refractivity contribution in [3.05, 3.63) is 40.1 Å². The Morgan fingerprint density at radius 3 is 2.72 bits per heavy atom. The zero-order chi connectivity index (χ0) is 12.5. The molecule has 1 aromatic heterocycles. The van der Waals surface area contributed by atoms with Crippen LogP contribution in [-0.2, 0) is 19.5 Å². The first kappa shape index (κ1) is 11.9. The van der Waals surface area contributed by atoms with Gasteiger partial charge in [-0.25, -0.2) is 0 Å². The molecule has 2 N–H and O–H groups in total. The monoisotopic (exact) mass is 305 g/mol. The predicted octanol–water partition coefficient (Wildman–Crippen LogP) is 3.11. The first-order chi connectivity index (χ1) is 8.79. The van der Waals surface area contributed by atoms with Crippen LogP contribution in [0.2, 0.25) is 0 Å². The van der Waals surface area contributed by atoms with Crippen LogP contribution in [0.3, 0.4) is 0 Å². The Labute approximate surface area is 115 Å². The van der Waals surface area contributed by atoms with Gasteiger partial charge in [-0.2, -0.15) is 5.10 Å². The lowest BCUT2D eigenvalue weighted by Crippen LogP contribution is -2.11. The molecule has 18 heavy (non-hydrogen) atoms. The molecule has 2 aromatic rings. The molecular formula is C14H16BrN3. The summed E-state index contributed by atoms with van der Waals surface area (Å²) in [6.07, 6.45) is 3.58. The summed E-state index contributed by atoms with van der Waals surface area (Å²) in [6, 6.07) is 8.41. The Bertz CT molecular complexity index is 557. The van der Waals surface area contributed by atoms with Gasteiger partial charge in [-0.15, -0.1) is 0 Å². The molecule has 0 radical (unpaired) electrons. The summed E-state index contributed by atoms with van der Waals surface area (Å²) in [7, 11) is 0. The van der Waals surface area contributed by atoms with Crippen LogP contribution in [0.5, 0.6) is 0 Å². The largest absolute Gasteiger partial charge is 0.325 e. The van der Waals surface area contributed by atoms with Gasteiger partial charge in [0.1, 0.15) is 0 Å². The summed E-state index contributed by atoms with van der Waals surface area (Å²) in [6.45, 7) is 1.53. The maximum absolute atomic E-state index is 5.84. The molecule has 1 aliphatic rings. The van der Waals surface area contributed by atoms with Crippen molar-refractivity contribution < 1.29 is 0 Å². The van der Waals surface area contributed by atoms with Crippen LogP contribution in [0.4, 0.5) is 0 Å². The molecule has 0 amide bonds. The molecule has 3 rings (SSSR count). The van der Waals surface area contributed by atoms with Crippen molar-refractivity contribution in [1.82, 2.24) is 9.78 Å².